The van der Waals surface area contributed by atoms with E-state index in [-0.39, 0.29) is 30.0 Å². The maximum atomic E-state index is 13.1. The second-order valence-corrected chi connectivity index (χ2v) is 6.41. The average molecular weight is 334 g/mol. The number of hydrogen-bond donors (Lipinski definition) is 0. The zero-order valence-electron chi connectivity index (χ0n) is 14.6. The summed E-state index contributed by atoms with van der Waals surface area (Å²) in [6.07, 6.45) is 4.29. The lowest BCUT2D eigenvalue weighted by molar-refractivity contribution is -0.136. The molecule has 1 aliphatic heterocycles. The molecule has 1 aromatic rings. The summed E-state index contributed by atoms with van der Waals surface area (Å²) >= 11 is 0. The number of carbonyl (C=O) groups excluding carboxylic acids is 2. The molecule has 132 valence electrons. The lowest BCUT2D eigenvalue weighted by atomic mass is 10.1. The summed E-state index contributed by atoms with van der Waals surface area (Å²) < 4.78 is 13.1. The Labute approximate surface area is 143 Å². The van der Waals surface area contributed by atoms with Crippen LogP contribution in [0.2, 0.25) is 0 Å². The first kappa shape index (κ1) is 18.4. The third kappa shape index (κ3) is 4.56. The average Bonchev–Trinajstić information content (AvgIpc) is 2.97. The Hall–Kier alpha value is -1.91. The maximum absolute atomic E-state index is 13.1. The highest BCUT2D eigenvalue weighted by atomic mass is 19.1. The van der Waals surface area contributed by atoms with E-state index < -0.39 is 0 Å². The van der Waals surface area contributed by atoms with E-state index in [0.717, 1.165) is 38.8 Å². The zero-order valence-corrected chi connectivity index (χ0v) is 14.6. The van der Waals surface area contributed by atoms with Gasteiger partial charge in [-0.3, -0.25) is 9.59 Å². The molecule has 2 rings (SSSR count). The van der Waals surface area contributed by atoms with Crippen molar-refractivity contribution in [1.29, 1.82) is 0 Å². The highest BCUT2D eigenvalue weighted by Crippen LogP contribution is 2.26. The van der Waals surface area contributed by atoms with Gasteiger partial charge in [0.25, 0.3) is 0 Å². The number of rotatable bonds is 8. The normalized spacial score (nSPS) is 17.4. The van der Waals surface area contributed by atoms with Crippen molar-refractivity contribution in [3.63, 3.8) is 0 Å². The number of anilines is 1. The number of unbranched alkanes of at least 4 members (excludes halogenated alkanes) is 2. The van der Waals surface area contributed by atoms with Crippen LogP contribution in [0.25, 0.3) is 0 Å². The molecule has 1 fully saturated rings. The standard InChI is InChI=1S/C19H27FN2O2/c1-3-5-11-21(12-6-4-2)19(24)15-13-18(23)22(14-15)17-9-7-16(20)8-10-17/h7-10,15H,3-6,11-14H2,1-2H3. The van der Waals surface area contributed by atoms with Gasteiger partial charge in [0, 0.05) is 31.7 Å². The molecule has 0 spiro atoms. The molecule has 0 bridgehead atoms. The molecule has 24 heavy (non-hydrogen) atoms. The largest absolute Gasteiger partial charge is 0.342 e. The molecule has 1 saturated heterocycles. The Morgan fingerprint density at radius 1 is 1.17 bits per heavy atom. The zero-order chi connectivity index (χ0) is 17.5. The lowest BCUT2D eigenvalue weighted by Gasteiger charge is -2.25. The van der Waals surface area contributed by atoms with E-state index in [1.54, 1.807) is 17.0 Å². The second-order valence-electron chi connectivity index (χ2n) is 6.41. The molecule has 1 atom stereocenters. The third-order valence-electron chi connectivity index (χ3n) is 4.49. The molecule has 5 heteroatoms. The van der Waals surface area contributed by atoms with E-state index in [1.807, 2.05) is 4.90 Å². The monoisotopic (exact) mass is 334 g/mol. The Morgan fingerprint density at radius 2 is 1.75 bits per heavy atom. The van der Waals surface area contributed by atoms with Crippen molar-refractivity contribution < 1.29 is 14.0 Å². The fraction of sp³-hybridized carbons (Fsp3) is 0.579. The number of nitrogens with zero attached hydrogens (tertiary/aromatic N) is 2. The van der Waals surface area contributed by atoms with E-state index in [2.05, 4.69) is 13.8 Å². The number of carbonyl (C=O) groups is 2. The van der Waals surface area contributed by atoms with E-state index in [0.29, 0.717) is 12.2 Å². The summed E-state index contributed by atoms with van der Waals surface area (Å²) in [6, 6.07) is 5.86. The minimum atomic E-state index is -0.330. The van der Waals surface area contributed by atoms with Crippen molar-refractivity contribution in [3.8, 4) is 0 Å². The van der Waals surface area contributed by atoms with Gasteiger partial charge >= 0.3 is 0 Å². The fourth-order valence-corrected chi connectivity index (χ4v) is 3.03. The fourth-order valence-electron chi connectivity index (χ4n) is 3.03. The van der Waals surface area contributed by atoms with Crippen LogP contribution >= 0.6 is 0 Å². The van der Waals surface area contributed by atoms with Gasteiger partial charge in [0.1, 0.15) is 5.82 Å². The Morgan fingerprint density at radius 3 is 2.29 bits per heavy atom. The summed E-state index contributed by atoms with van der Waals surface area (Å²) in [5, 5.41) is 0. The van der Waals surface area contributed by atoms with Gasteiger partial charge in [-0.25, -0.2) is 4.39 Å². The summed E-state index contributed by atoms with van der Waals surface area (Å²) in [5.74, 6) is -0.611. The Bertz CT molecular complexity index is 551. The van der Waals surface area contributed by atoms with E-state index >= 15 is 0 Å². The number of amides is 2. The van der Waals surface area contributed by atoms with Crippen molar-refractivity contribution in [2.75, 3.05) is 24.5 Å². The van der Waals surface area contributed by atoms with Gasteiger partial charge in [-0.05, 0) is 37.1 Å². The van der Waals surface area contributed by atoms with E-state index in [9.17, 15) is 14.0 Å². The molecule has 0 N–H and O–H groups in total. The molecule has 1 aliphatic rings. The van der Waals surface area contributed by atoms with Gasteiger partial charge in [0.05, 0.1) is 5.92 Å². The van der Waals surface area contributed by atoms with Crippen LogP contribution in [0.4, 0.5) is 10.1 Å². The summed E-state index contributed by atoms with van der Waals surface area (Å²) in [7, 11) is 0. The SMILES string of the molecule is CCCCN(CCCC)C(=O)C1CC(=O)N(c2ccc(F)cc2)C1. The first-order chi connectivity index (χ1) is 11.6. The minimum Gasteiger partial charge on any atom is -0.342 e. The van der Waals surface area contributed by atoms with Crippen molar-refractivity contribution in [2.45, 2.75) is 46.0 Å². The molecule has 0 aliphatic carbocycles. The second kappa shape index (κ2) is 8.81. The van der Waals surface area contributed by atoms with Crippen molar-refractivity contribution in [1.82, 2.24) is 4.90 Å². The maximum Gasteiger partial charge on any atom is 0.228 e. The van der Waals surface area contributed by atoms with Gasteiger partial charge < -0.3 is 9.80 Å². The predicted molar refractivity (Wildman–Crippen MR) is 93.3 cm³/mol. The van der Waals surface area contributed by atoms with E-state index in [4.69, 9.17) is 0 Å². The van der Waals surface area contributed by atoms with Crippen LogP contribution < -0.4 is 4.90 Å². The van der Waals surface area contributed by atoms with Gasteiger partial charge in [0.2, 0.25) is 11.8 Å². The van der Waals surface area contributed by atoms with Crippen molar-refractivity contribution >= 4 is 17.5 Å². The summed E-state index contributed by atoms with van der Waals surface area (Å²) in [4.78, 5) is 28.6. The number of hydrogen-bond acceptors (Lipinski definition) is 2. The minimum absolute atomic E-state index is 0.0640. The third-order valence-corrected chi connectivity index (χ3v) is 4.49. The van der Waals surface area contributed by atoms with Crippen LogP contribution in [0.1, 0.15) is 46.0 Å². The first-order valence-corrected chi connectivity index (χ1v) is 8.91. The van der Waals surface area contributed by atoms with E-state index in [1.165, 1.54) is 12.1 Å². The summed E-state index contributed by atoms with van der Waals surface area (Å²) in [6.45, 7) is 6.13. The summed E-state index contributed by atoms with van der Waals surface area (Å²) in [5.41, 5.74) is 0.658. The van der Waals surface area contributed by atoms with Gasteiger partial charge in [-0.15, -0.1) is 0 Å². The van der Waals surface area contributed by atoms with Crippen molar-refractivity contribution in [3.05, 3.63) is 30.1 Å². The molecular formula is C19H27FN2O2. The van der Waals surface area contributed by atoms with Gasteiger partial charge in [-0.1, -0.05) is 26.7 Å². The van der Waals surface area contributed by atoms with Crippen LogP contribution in [-0.2, 0) is 9.59 Å². The smallest absolute Gasteiger partial charge is 0.228 e. The van der Waals surface area contributed by atoms with Gasteiger partial charge in [-0.2, -0.15) is 0 Å². The topological polar surface area (TPSA) is 40.6 Å². The first-order valence-electron chi connectivity index (χ1n) is 8.91. The molecule has 0 saturated carbocycles. The van der Waals surface area contributed by atoms with Crippen LogP contribution in [0.3, 0.4) is 0 Å². The molecular weight excluding hydrogens is 307 g/mol. The van der Waals surface area contributed by atoms with Crippen LogP contribution in [-0.4, -0.2) is 36.3 Å². The Kier molecular flexibility index (Phi) is 6.76. The quantitative estimate of drug-likeness (QED) is 0.729. The molecule has 1 heterocycles. The highest BCUT2D eigenvalue weighted by Gasteiger charge is 2.36. The molecule has 1 unspecified atom stereocenters. The molecule has 4 nitrogen and oxygen atoms in total. The lowest BCUT2D eigenvalue weighted by Crippen LogP contribution is -2.38. The molecule has 2 amide bonds. The number of benzene rings is 1. The molecule has 1 aromatic carbocycles. The Balaban J connectivity index is 2.04. The number of halogens is 1. The van der Waals surface area contributed by atoms with Crippen LogP contribution in [0.15, 0.2) is 24.3 Å². The van der Waals surface area contributed by atoms with Crippen LogP contribution in [0, 0.1) is 11.7 Å². The van der Waals surface area contributed by atoms with Crippen molar-refractivity contribution in [2.24, 2.45) is 5.92 Å². The molecule has 0 radical (unpaired) electrons. The predicted octanol–water partition coefficient (Wildman–Crippen LogP) is 3.61. The van der Waals surface area contributed by atoms with Gasteiger partial charge in [0.15, 0.2) is 0 Å². The molecule has 0 aromatic heterocycles. The highest BCUT2D eigenvalue weighted by molar-refractivity contribution is 6.00. The van der Waals surface area contributed by atoms with Crippen LogP contribution in [0.5, 0.6) is 0 Å².